The summed E-state index contributed by atoms with van der Waals surface area (Å²) in [4.78, 5) is 7.01. The Bertz CT molecular complexity index is 574. The molecule has 0 N–H and O–H groups in total. The van der Waals surface area contributed by atoms with Gasteiger partial charge in [-0.25, -0.2) is 4.98 Å². The molecule has 0 amide bonds. The van der Waals surface area contributed by atoms with E-state index in [4.69, 9.17) is 4.74 Å². The monoisotopic (exact) mass is 245 g/mol. The first-order chi connectivity index (χ1) is 8.69. The van der Waals surface area contributed by atoms with E-state index in [1.165, 1.54) is 11.1 Å². The van der Waals surface area contributed by atoms with Crippen LogP contribution < -0.4 is 4.74 Å². The van der Waals surface area contributed by atoms with Gasteiger partial charge >= 0.3 is 0 Å². The molecular weight excluding hydrogens is 226 g/mol. The molecule has 96 valence electrons. The van der Waals surface area contributed by atoms with E-state index in [1.54, 1.807) is 13.3 Å². The number of nitrogens with zero attached hydrogens (tertiary/aromatic N) is 3. The number of fused-ring (bicyclic) bond motifs is 3. The Morgan fingerprint density at radius 3 is 2.83 bits per heavy atom. The molecule has 4 heteroatoms. The van der Waals surface area contributed by atoms with Gasteiger partial charge in [0.05, 0.1) is 13.3 Å². The molecule has 0 bridgehead atoms. The van der Waals surface area contributed by atoms with Gasteiger partial charge in [-0.1, -0.05) is 0 Å². The second kappa shape index (κ2) is 4.28. The van der Waals surface area contributed by atoms with E-state index in [0.29, 0.717) is 6.04 Å². The molecule has 4 nitrogen and oxygen atoms in total. The number of hydrogen-bond acceptors (Lipinski definition) is 3. The van der Waals surface area contributed by atoms with Crippen LogP contribution in [-0.2, 0) is 13.1 Å². The van der Waals surface area contributed by atoms with Crippen molar-refractivity contribution in [2.24, 2.45) is 0 Å². The van der Waals surface area contributed by atoms with E-state index < -0.39 is 0 Å². The molecule has 0 aromatic carbocycles. The largest absolute Gasteiger partial charge is 0.495 e. The van der Waals surface area contributed by atoms with E-state index in [0.717, 1.165) is 31.0 Å². The lowest BCUT2D eigenvalue weighted by Gasteiger charge is -2.31. The average molecular weight is 245 g/mol. The van der Waals surface area contributed by atoms with Crippen LogP contribution in [0.5, 0.6) is 5.75 Å². The van der Waals surface area contributed by atoms with Crippen LogP contribution in [0.15, 0.2) is 18.3 Å². The van der Waals surface area contributed by atoms with Crippen molar-refractivity contribution >= 4 is 11.0 Å². The van der Waals surface area contributed by atoms with E-state index >= 15 is 0 Å². The molecule has 1 aliphatic heterocycles. The van der Waals surface area contributed by atoms with Gasteiger partial charge in [0.25, 0.3) is 0 Å². The minimum Gasteiger partial charge on any atom is -0.495 e. The number of rotatable bonds is 2. The third kappa shape index (κ3) is 1.77. The van der Waals surface area contributed by atoms with Gasteiger partial charge in [0.2, 0.25) is 0 Å². The molecule has 1 aliphatic rings. The molecule has 0 radical (unpaired) electrons. The Labute approximate surface area is 107 Å². The molecule has 0 unspecified atom stereocenters. The van der Waals surface area contributed by atoms with Crippen LogP contribution in [0.25, 0.3) is 11.0 Å². The summed E-state index contributed by atoms with van der Waals surface area (Å²) in [6.07, 6.45) is 1.80. The topological polar surface area (TPSA) is 30.3 Å². The van der Waals surface area contributed by atoms with Crippen molar-refractivity contribution in [1.82, 2.24) is 14.5 Å². The van der Waals surface area contributed by atoms with E-state index in [-0.39, 0.29) is 0 Å². The van der Waals surface area contributed by atoms with Gasteiger partial charge in [-0.3, -0.25) is 4.90 Å². The molecule has 0 atom stereocenters. The van der Waals surface area contributed by atoms with Crippen LogP contribution in [0.3, 0.4) is 0 Å². The number of aromatic nitrogens is 2. The highest BCUT2D eigenvalue weighted by molar-refractivity contribution is 5.79. The van der Waals surface area contributed by atoms with Crippen LogP contribution in [0, 0.1) is 0 Å². The highest BCUT2D eigenvalue weighted by Crippen LogP contribution is 2.26. The normalized spacial score (nSPS) is 16.2. The molecule has 3 heterocycles. The lowest BCUT2D eigenvalue weighted by atomic mass is 10.2. The minimum atomic E-state index is 0.597. The van der Waals surface area contributed by atoms with Crippen molar-refractivity contribution in [3.63, 3.8) is 0 Å². The summed E-state index contributed by atoms with van der Waals surface area (Å²) in [7, 11) is 1.68. The molecule has 0 aliphatic carbocycles. The van der Waals surface area contributed by atoms with Gasteiger partial charge in [-0.15, -0.1) is 0 Å². The van der Waals surface area contributed by atoms with Gasteiger partial charge in [0, 0.05) is 36.8 Å². The Kier molecular flexibility index (Phi) is 2.74. The van der Waals surface area contributed by atoms with Gasteiger partial charge < -0.3 is 9.30 Å². The number of pyridine rings is 1. The molecule has 0 saturated heterocycles. The van der Waals surface area contributed by atoms with E-state index in [9.17, 15) is 0 Å². The third-order valence-corrected chi connectivity index (χ3v) is 3.74. The zero-order valence-electron chi connectivity index (χ0n) is 11.2. The van der Waals surface area contributed by atoms with Crippen LogP contribution in [0.4, 0.5) is 0 Å². The zero-order valence-corrected chi connectivity index (χ0v) is 11.2. The van der Waals surface area contributed by atoms with Crippen molar-refractivity contribution in [2.45, 2.75) is 33.0 Å². The lowest BCUT2D eigenvalue weighted by Crippen LogP contribution is -2.38. The van der Waals surface area contributed by atoms with Crippen LogP contribution in [0.1, 0.15) is 19.5 Å². The van der Waals surface area contributed by atoms with E-state index in [2.05, 4.69) is 40.4 Å². The summed E-state index contributed by atoms with van der Waals surface area (Å²) in [5.41, 5.74) is 2.43. The van der Waals surface area contributed by atoms with Crippen LogP contribution in [0.2, 0.25) is 0 Å². The van der Waals surface area contributed by atoms with Crippen LogP contribution in [-0.4, -0.2) is 34.1 Å². The maximum absolute atomic E-state index is 5.23. The summed E-state index contributed by atoms with van der Waals surface area (Å²) in [5.74, 6) is 0.825. The van der Waals surface area contributed by atoms with Crippen molar-refractivity contribution in [1.29, 1.82) is 0 Å². The van der Waals surface area contributed by atoms with E-state index in [1.807, 2.05) is 0 Å². The van der Waals surface area contributed by atoms with Crippen molar-refractivity contribution in [2.75, 3.05) is 13.7 Å². The van der Waals surface area contributed by atoms with Gasteiger partial charge in [0.1, 0.15) is 11.4 Å². The molecule has 0 saturated carbocycles. The maximum atomic E-state index is 5.23. The van der Waals surface area contributed by atoms with Crippen molar-refractivity contribution < 1.29 is 4.74 Å². The fourth-order valence-corrected chi connectivity index (χ4v) is 2.63. The Hall–Kier alpha value is -1.55. The SMILES string of the molecule is COc1cnc2c(c1)cc1n2CCN(C(C)C)C1. The maximum Gasteiger partial charge on any atom is 0.140 e. The van der Waals surface area contributed by atoms with Crippen molar-refractivity contribution in [3.05, 3.63) is 24.0 Å². The Morgan fingerprint density at radius 2 is 2.11 bits per heavy atom. The summed E-state index contributed by atoms with van der Waals surface area (Å²) in [6.45, 7) is 7.63. The highest BCUT2D eigenvalue weighted by atomic mass is 16.5. The Morgan fingerprint density at radius 1 is 1.28 bits per heavy atom. The lowest BCUT2D eigenvalue weighted by molar-refractivity contribution is 0.178. The molecule has 0 fully saturated rings. The minimum absolute atomic E-state index is 0.597. The van der Waals surface area contributed by atoms with Crippen LogP contribution >= 0.6 is 0 Å². The molecule has 0 spiro atoms. The summed E-state index contributed by atoms with van der Waals surface area (Å²) >= 11 is 0. The number of ether oxygens (including phenoxy) is 1. The fourth-order valence-electron chi connectivity index (χ4n) is 2.63. The average Bonchev–Trinajstić information content (AvgIpc) is 2.74. The predicted molar refractivity (Wildman–Crippen MR) is 71.8 cm³/mol. The summed E-state index contributed by atoms with van der Waals surface area (Å²) < 4.78 is 7.56. The second-order valence-corrected chi connectivity index (χ2v) is 5.14. The first kappa shape index (κ1) is 11.5. The molecule has 2 aromatic heterocycles. The third-order valence-electron chi connectivity index (χ3n) is 3.74. The number of methoxy groups -OCH3 is 1. The highest BCUT2D eigenvalue weighted by Gasteiger charge is 2.20. The quantitative estimate of drug-likeness (QED) is 0.813. The zero-order chi connectivity index (χ0) is 12.7. The summed E-state index contributed by atoms with van der Waals surface area (Å²) in [5, 5.41) is 1.18. The first-order valence-electron chi connectivity index (χ1n) is 6.45. The number of hydrogen-bond donors (Lipinski definition) is 0. The molecular formula is C14H19N3O. The predicted octanol–water partition coefficient (Wildman–Crippen LogP) is 2.27. The molecule has 2 aromatic rings. The fraction of sp³-hybridized carbons (Fsp3) is 0.500. The van der Waals surface area contributed by atoms with Gasteiger partial charge in [-0.05, 0) is 26.0 Å². The summed E-state index contributed by atoms with van der Waals surface area (Å²) in [6, 6.07) is 4.89. The Balaban J connectivity index is 2.04. The molecule has 18 heavy (non-hydrogen) atoms. The molecule has 3 rings (SSSR count). The smallest absolute Gasteiger partial charge is 0.140 e. The second-order valence-electron chi connectivity index (χ2n) is 5.14. The van der Waals surface area contributed by atoms with Gasteiger partial charge in [0.15, 0.2) is 0 Å². The standard InChI is InChI=1S/C14H19N3O/c1-10(2)16-4-5-17-12(9-16)6-11-7-13(18-3)8-15-14(11)17/h6-8,10H,4-5,9H2,1-3H3. The van der Waals surface area contributed by atoms with Crippen molar-refractivity contribution in [3.8, 4) is 5.75 Å². The first-order valence-corrected chi connectivity index (χ1v) is 6.45. The van der Waals surface area contributed by atoms with Gasteiger partial charge in [-0.2, -0.15) is 0 Å².